The molecule has 168 valence electrons. The van der Waals surface area contributed by atoms with Crippen LogP contribution in [0.4, 0.5) is 43.4 Å². The molecule has 0 saturated carbocycles. The highest BCUT2D eigenvalue weighted by Gasteiger charge is 2.37. The monoisotopic (exact) mass is 474 g/mol. The first kappa shape index (κ1) is 23.1. The molecule has 0 spiro atoms. The first-order chi connectivity index (χ1) is 14.9. The van der Waals surface area contributed by atoms with E-state index < -0.39 is 35.1 Å². The lowest BCUT2D eigenvalue weighted by Crippen LogP contribution is -2.20. The molecular weight excluding hydrogens is 462 g/mol. The molecule has 1 aromatic heterocycles. The first-order valence-electron chi connectivity index (χ1n) is 8.59. The summed E-state index contributed by atoms with van der Waals surface area (Å²) in [6.07, 6.45) is -7.69. The number of hydrogen-bond donors (Lipinski definition) is 3. The van der Waals surface area contributed by atoms with E-state index in [1.54, 1.807) is 0 Å². The van der Waals surface area contributed by atoms with Gasteiger partial charge in [0.1, 0.15) is 6.26 Å². The topological polar surface area (TPSA) is 79.2 Å². The Morgan fingerprint density at radius 1 is 0.812 bits per heavy atom. The highest BCUT2D eigenvalue weighted by Crippen LogP contribution is 2.37. The number of benzene rings is 2. The van der Waals surface area contributed by atoms with Crippen molar-refractivity contribution < 1.29 is 35.6 Å². The number of anilines is 3. The molecule has 2 aromatic carbocycles. The Morgan fingerprint density at radius 3 is 1.78 bits per heavy atom. The molecule has 32 heavy (non-hydrogen) atoms. The molecule has 0 saturated heterocycles. The molecule has 3 rings (SSSR count). The minimum Gasteiger partial charge on any atom is -0.451 e. The standard InChI is InChI=1S/C19H12F6N4O2S/c20-18(21,22)10-5-11(19(23,24)25)7-14(6-10)29-17(32)28-13-3-1-12(2-4-13)27-16(30)15-8-31-9-26-15/h1-9H,(H,27,30)(H2,28,29,32). The van der Waals surface area contributed by atoms with Crippen LogP contribution in [0.5, 0.6) is 0 Å². The molecule has 3 aromatic rings. The quantitative estimate of drug-likeness (QED) is 0.329. The molecule has 0 aliphatic rings. The zero-order chi connectivity index (χ0) is 23.5. The smallest absolute Gasteiger partial charge is 0.416 e. The summed E-state index contributed by atoms with van der Waals surface area (Å²) in [5.74, 6) is -0.512. The molecule has 0 radical (unpaired) electrons. The molecule has 0 aliphatic heterocycles. The zero-order valence-electron chi connectivity index (χ0n) is 15.6. The lowest BCUT2D eigenvalue weighted by molar-refractivity contribution is -0.143. The summed E-state index contributed by atoms with van der Waals surface area (Å²) in [6, 6.07) is 7.02. The maximum Gasteiger partial charge on any atom is 0.416 e. The predicted octanol–water partition coefficient (Wildman–Crippen LogP) is 5.77. The van der Waals surface area contributed by atoms with Crippen LogP contribution in [0.25, 0.3) is 0 Å². The molecule has 1 heterocycles. The number of nitrogens with zero attached hydrogens (tertiary/aromatic N) is 1. The van der Waals surface area contributed by atoms with Crippen LogP contribution >= 0.6 is 12.2 Å². The number of halogens is 6. The molecule has 0 unspecified atom stereocenters. The van der Waals surface area contributed by atoms with Gasteiger partial charge in [-0.2, -0.15) is 26.3 Å². The number of carbonyl (C=O) groups is 1. The van der Waals surface area contributed by atoms with Gasteiger partial charge >= 0.3 is 12.4 Å². The number of amides is 1. The molecule has 0 bridgehead atoms. The molecule has 0 atom stereocenters. The summed E-state index contributed by atoms with van der Waals surface area (Å²) >= 11 is 4.98. The maximum atomic E-state index is 13.0. The molecule has 3 N–H and O–H groups in total. The number of hydrogen-bond acceptors (Lipinski definition) is 4. The van der Waals surface area contributed by atoms with Crippen LogP contribution in [0.2, 0.25) is 0 Å². The van der Waals surface area contributed by atoms with Crippen molar-refractivity contribution in [3.8, 4) is 0 Å². The Hall–Kier alpha value is -3.61. The molecular formula is C19H12F6N4O2S. The minimum absolute atomic E-state index is 0.0216. The van der Waals surface area contributed by atoms with E-state index >= 15 is 0 Å². The van der Waals surface area contributed by atoms with Crippen LogP contribution in [0, 0.1) is 0 Å². The fourth-order valence-corrected chi connectivity index (χ4v) is 2.71. The molecule has 6 nitrogen and oxygen atoms in total. The van der Waals surface area contributed by atoms with Crippen molar-refractivity contribution in [1.82, 2.24) is 4.98 Å². The van der Waals surface area contributed by atoms with Crippen LogP contribution in [0.15, 0.2) is 59.5 Å². The first-order valence-corrected chi connectivity index (χ1v) is 9.00. The highest BCUT2D eigenvalue weighted by atomic mass is 32.1. The molecule has 13 heteroatoms. The van der Waals surface area contributed by atoms with E-state index in [1.807, 2.05) is 0 Å². The summed E-state index contributed by atoms with van der Waals surface area (Å²) in [7, 11) is 0. The highest BCUT2D eigenvalue weighted by molar-refractivity contribution is 7.80. The van der Waals surface area contributed by atoms with Gasteiger partial charge in [0.2, 0.25) is 0 Å². The van der Waals surface area contributed by atoms with E-state index in [0.717, 1.165) is 12.7 Å². The summed E-state index contributed by atoms with van der Waals surface area (Å²) in [4.78, 5) is 15.6. The Labute approximate surface area is 181 Å². The van der Waals surface area contributed by atoms with E-state index in [9.17, 15) is 31.1 Å². The Balaban J connectivity index is 1.68. The number of carbonyl (C=O) groups excluding carboxylic acids is 1. The summed E-state index contributed by atoms with van der Waals surface area (Å²) in [5, 5.41) is 7.26. The van der Waals surface area contributed by atoms with Crippen molar-refractivity contribution in [1.29, 1.82) is 0 Å². The summed E-state index contributed by atoms with van der Waals surface area (Å²) in [5.41, 5.74) is -2.59. The lowest BCUT2D eigenvalue weighted by atomic mass is 10.1. The van der Waals surface area contributed by atoms with Crippen LogP contribution < -0.4 is 16.0 Å². The maximum absolute atomic E-state index is 13.0. The third-order valence-corrected chi connectivity index (χ3v) is 4.12. The van der Waals surface area contributed by atoms with Crippen LogP contribution in [-0.2, 0) is 12.4 Å². The number of thiocarbonyl (C=S) groups is 1. The Kier molecular flexibility index (Phi) is 6.39. The predicted molar refractivity (Wildman–Crippen MR) is 107 cm³/mol. The summed E-state index contributed by atoms with van der Waals surface area (Å²) < 4.78 is 82.4. The largest absolute Gasteiger partial charge is 0.451 e. The zero-order valence-corrected chi connectivity index (χ0v) is 16.5. The number of aromatic nitrogens is 1. The van der Waals surface area contributed by atoms with Gasteiger partial charge < -0.3 is 20.4 Å². The second-order valence-electron chi connectivity index (χ2n) is 6.28. The van der Waals surface area contributed by atoms with Crippen molar-refractivity contribution in [3.05, 3.63) is 71.9 Å². The van der Waals surface area contributed by atoms with Crippen molar-refractivity contribution in [2.24, 2.45) is 0 Å². The van der Waals surface area contributed by atoms with Crippen LogP contribution in [0.3, 0.4) is 0 Å². The van der Waals surface area contributed by atoms with Crippen LogP contribution in [0.1, 0.15) is 21.6 Å². The van der Waals surface area contributed by atoms with Gasteiger partial charge in [-0.3, -0.25) is 4.79 Å². The van der Waals surface area contributed by atoms with Gasteiger partial charge in [-0.05, 0) is 54.7 Å². The number of rotatable bonds is 4. The van der Waals surface area contributed by atoms with Gasteiger partial charge in [0.05, 0.1) is 11.1 Å². The van der Waals surface area contributed by atoms with E-state index in [-0.39, 0.29) is 16.9 Å². The molecule has 0 fully saturated rings. The normalized spacial score (nSPS) is 11.7. The van der Waals surface area contributed by atoms with Crippen LogP contribution in [-0.4, -0.2) is 16.0 Å². The van der Waals surface area contributed by atoms with Gasteiger partial charge in [-0.25, -0.2) is 4.98 Å². The Morgan fingerprint density at radius 2 is 1.31 bits per heavy atom. The second-order valence-corrected chi connectivity index (χ2v) is 6.69. The van der Waals surface area contributed by atoms with E-state index in [1.165, 1.54) is 24.3 Å². The number of oxazole rings is 1. The van der Waals surface area contributed by atoms with E-state index in [4.69, 9.17) is 16.6 Å². The van der Waals surface area contributed by atoms with E-state index in [2.05, 4.69) is 20.9 Å². The third-order valence-electron chi connectivity index (χ3n) is 3.91. The van der Waals surface area contributed by atoms with E-state index in [0.29, 0.717) is 23.5 Å². The summed E-state index contributed by atoms with van der Waals surface area (Å²) in [6.45, 7) is 0. The fourth-order valence-electron chi connectivity index (χ4n) is 2.48. The third kappa shape index (κ3) is 5.97. The van der Waals surface area contributed by atoms with Crippen molar-refractivity contribution in [2.75, 3.05) is 16.0 Å². The van der Waals surface area contributed by atoms with Gasteiger partial charge in [-0.1, -0.05) is 0 Å². The lowest BCUT2D eigenvalue weighted by Gasteiger charge is -2.16. The Bertz CT molecular complexity index is 1080. The minimum atomic E-state index is -4.97. The number of nitrogens with one attached hydrogen (secondary N) is 3. The number of alkyl halides is 6. The van der Waals surface area contributed by atoms with Crippen molar-refractivity contribution >= 4 is 40.3 Å². The van der Waals surface area contributed by atoms with Gasteiger partial charge in [0.15, 0.2) is 17.2 Å². The van der Waals surface area contributed by atoms with Crippen molar-refractivity contribution in [3.63, 3.8) is 0 Å². The van der Waals surface area contributed by atoms with Gasteiger partial charge in [0, 0.05) is 17.1 Å². The second kappa shape index (κ2) is 8.86. The SMILES string of the molecule is O=C(Nc1ccc(NC(=S)Nc2cc(C(F)(F)F)cc(C(F)(F)F)c2)cc1)c1cocn1. The average Bonchev–Trinajstić information content (AvgIpc) is 3.23. The van der Waals surface area contributed by atoms with Gasteiger partial charge in [0.25, 0.3) is 5.91 Å². The fraction of sp³-hybridized carbons (Fsp3) is 0.105. The van der Waals surface area contributed by atoms with Crippen molar-refractivity contribution in [2.45, 2.75) is 12.4 Å². The van der Waals surface area contributed by atoms with Gasteiger partial charge in [-0.15, -0.1) is 0 Å². The molecule has 1 amide bonds. The average molecular weight is 474 g/mol. The molecule has 0 aliphatic carbocycles.